The van der Waals surface area contributed by atoms with E-state index in [2.05, 4.69) is 95.9 Å². The van der Waals surface area contributed by atoms with Crippen molar-refractivity contribution in [1.82, 2.24) is 30.2 Å². The molecule has 0 spiro atoms. The van der Waals surface area contributed by atoms with E-state index in [0.29, 0.717) is 29.4 Å². The number of nitrogens with one attached hydrogen (secondary N) is 5. The fourth-order valence-electron chi connectivity index (χ4n) is 7.06. The normalized spacial score (nSPS) is 13.9. The second kappa shape index (κ2) is 16.8. The molecule has 3 aromatic heterocycles. The molecule has 1 amide bonds. The molecule has 1 unspecified atom stereocenters. The predicted molar refractivity (Wildman–Crippen MR) is 217 cm³/mol. The van der Waals surface area contributed by atoms with Crippen LogP contribution in [0.5, 0.6) is 0 Å². The first-order valence-corrected chi connectivity index (χ1v) is 18.3. The van der Waals surface area contributed by atoms with Gasteiger partial charge in [0.25, 0.3) is 5.91 Å². The molecule has 0 radical (unpaired) electrons. The molecule has 0 aliphatic carbocycles. The maximum absolute atomic E-state index is 14.0. The van der Waals surface area contributed by atoms with Crippen molar-refractivity contribution >= 4 is 51.5 Å². The van der Waals surface area contributed by atoms with E-state index < -0.39 is 11.4 Å². The van der Waals surface area contributed by atoms with Gasteiger partial charge >= 0.3 is 21.1 Å². The molecule has 0 saturated carbocycles. The Hall–Kier alpha value is -5.36. The number of carbonyl (C=O) groups is 1. The summed E-state index contributed by atoms with van der Waals surface area (Å²) in [4.78, 5) is 34.3. The number of amides is 1. The standard InChI is InChI=1S/C42H45FN10O2.W/c1-6-31-37-33(44)22-28(43)23-34(37)48-38(31)27-12-10-26(11-13-27)25(2)52-18-20-53(21-19-52)30-16-14-29(15-17-30)47-41-46-24-32(40(54)45-5)39(51-41)50-36-9-7-8-35(49-36)42(3,4)55;/h7-17,22-25,44,48,55H,1,6,18-21H2,2-5H3,(H3,45,46,47,49,50,51,54);/q-2;+2. The summed E-state index contributed by atoms with van der Waals surface area (Å²) >= 11 is 0. The molecule has 6 N–H and O–H groups in total. The zero-order valence-electron chi connectivity index (χ0n) is 31.8. The van der Waals surface area contributed by atoms with Crippen molar-refractivity contribution in [2.75, 3.05) is 48.8 Å². The Kier molecular flexibility index (Phi) is 12.1. The number of pyridine rings is 1. The molecule has 4 heterocycles. The summed E-state index contributed by atoms with van der Waals surface area (Å²) in [5.74, 6) is 0.235. The van der Waals surface area contributed by atoms with Crippen molar-refractivity contribution in [3.8, 4) is 11.3 Å². The van der Waals surface area contributed by atoms with Gasteiger partial charge in [-0.15, -0.1) is 5.69 Å². The van der Waals surface area contributed by atoms with Gasteiger partial charge < -0.3 is 43.6 Å². The number of nitrogens with zero attached hydrogens (tertiary/aromatic N) is 5. The number of carbonyl (C=O) groups excluding carboxylic acids is 1. The summed E-state index contributed by atoms with van der Waals surface area (Å²) in [5.41, 5.74) is 14.6. The smallest absolute Gasteiger partial charge is 0.698 e. The number of fused-ring (bicyclic) bond motifs is 1. The SMILES string of the molecule is [CH2-]Cc1c(-c2ccc(C(C)N3CCN(c4ccc(Nc5ncc(C(=O)NC)c(Nc6cccc(C(C)(C)O)n6)n5)cc4)CC3)cc2)[nH]c2cc(F)cc([NH-])c12.[W+2]. The number of rotatable bonds is 11. The van der Waals surface area contributed by atoms with E-state index in [-0.39, 0.29) is 50.1 Å². The summed E-state index contributed by atoms with van der Waals surface area (Å²) in [6.45, 7) is 13.2. The number of piperazine rings is 1. The Labute approximate surface area is 340 Å². The van der Waals surface area contributed by atoms with Crippen LogP contribution < -0.4 is 20.9 Å². The summed E-state index contributed by atoms with van der Waals surface area (Å²) in [7, 11) is 1.54. The van der Waals surface area contributed by atoms with Crippen LogP contribution in [-0.2, 0) is 33.1 Å². The van der Waals surface area contributed by atoms with E-state index in [1.807, 2.05) is 12.1 Å². The third kappa shape index (κ3) is 8.55. The fraction of sp³-hybridized carbons (Fsp3) is 0.262. The molecule has 1 saturated heterocycles. The Bertz CT molecular complexity index is 2320. The first kappa shape index (κ1) is 40.3. The molecule has 1 atom stereocenters. The topological polar surface area (TPSA) is 158 Å². The van der Waals surface area contributed by atoms with Crippen molar-refractivity contribution in [2.24, 2.45) is 0 Å². The van der Waals surface area contributed by atoms with Gasteiger partial charge in [0, 0.05) is 68.1 Å². The maximum atomic E-state index is 14.0. The molecule has 6 aromatic rings. The summed E-state index contributed by atoms with van der Waals surface area (Å²) in [6, 6.07) is 24.8. The van der Waals surface area contributed by atoms with Gasteiger partial charge in [0.1, 0.15) is 28.6 Å². The average molecular weight is 925 g/mol. The predicted octanol–water partition coefficient (Wildman–Crippen LogP) is 8.17. The third-order valence-corrected chi connectivity index (χ3v) is 10.1. The van der Waals surface area contributed by atoms with Gasteiger partial charge in [-0.1, -0.05) is 30.3 Å². The van der Waals surface area contributed by atoms with Crippen LogP contribution in [0.4, 0.5) is 39.0 Å². The van der Waals surface area contributed by atoms with Gasteiger partial charge in [-0.2, -0.15) is 11.4 Å². The van der Waals surface area contributed by atoms with Crippen molar-refractivity contribution in [1.29, 1.82) is 0 Å². The fourth-order valence-corrected chi connectivity index (χ4v) is 7.06. The minimum absolute atomic E-state index is 0. The number of aromatic amines is 1. The molecule has 7 rings (SSSR count). The van der Waals surface area contributed by atoms with Gasteiger partial charge in [0.2, 0.25) is 5.95 Å². The molecule has 14 heteroatoms. The number of hydrogen-bond donors (Lipinski definition) is 5. The zero-order valence-corrected chi connectivity index (χ0v) is 34.7. The largest absolute Gasteiger partial charge is 2.00 e. The number of aliphatic hydroxyl groups is 1. The molecule has 3 aromatic carbocycles. The van der Waals surface area contributed by atoms with Gasteiger partial charge in [0.15, 0.2) is 0 Å². The first-order chi connectivity index (χ1) is 26.4. The number of H-pyrrole nitrogens is 1. The van der Waals surface area contributed by atoms with E-state index in [9.17, 15) is 14.3 Å². The minimum atomic E-state index is -1.14. The Morgan fingerprint density at radius 3 is 2.39 bits per heavy atom. The van der Waals surface area contributed by atoms with Crippen molar-refractivity contribution in [3.05, 3.63) is 126 Å². The van der Waals surface area contributed by atoms with E-state index in [1.165, 1.54) is 23.9 Å². The first-order valence-electron chi connectivity index (χ1n) is 18.3. The molecular weight excluding hydrogens is 879 g/mol. The average Bonchev–Trinajstić information content (AvgIpc) is 3.56. The van der Waals surface area contributed by atoms with E-state index >= 15 is 0 Å². The second-order valence-electron chi connectivity index (χ2n) is 14.2. The van der Waals surface area contributed by atoms with Crippen LogP contribution in [0.3, 0.4) is 0 Å². The minimum Gasteiger partial charge on any atom is -0.698 e. The van der Waals surface area contributed by atoms with E-state index in [1.54, 1.807) is 39.1 Å². The molecule has 56 heavy (non-hydrogen) atoms. The van der Waals surface area contributed by atoms with Crippen LogP contribution in [0.2, 0.25) is 0 Å². The molecular formula is C42H45FN10O2W. The number of aromatic nitrogens is 4. The Morgan fingerprint density at radius 2 is 1.73 bits per heavy atom. The Morgan fingerprint density at radius 1 is 1.02 bits per heavy atom. The van der Waals surface area contributed by atoms with Gasteiger partial charge in [0.05, 0.1) is 5.69 Å². The maximum Gasteiger partial charge on any atom is 2.00 e. The molecule has 1 fully saturated rings. The zero-order chi connectivity index (χ0) is 38.9. The van der Waals surface area contributed by atoms with E-state index in [0.717, 1.165) is 59.8 Å². The third-order valence-electron chi connectivity index (χ3n) is 10.1. The van der Waals surface area contributed by atoms with E-state index in [4.69, 9.17) is 5.73 Å². The van der Waals surface area contributed by atoms with Crippen molar-refractivity contribution < 1.29 is 35.4 Å². The Balaban J connectivity index is 0.00000532. The van der Waals surface area contributed by atoms with Gasteiger partial charge in [-0.3, -0.25) is 9.69 Å². The molecule has 1 aliphatic rings. The second-order valence-corrected chi connectivity index (χ2v) is 14.2. The quantitative estimate of drug-likeness (QED) is 0.0809. The van der Waals surface area contributed by atoms with Crippen LogP contribution >= 0.6 is 0 Å². The van der Waals surface area contributed by atoms with Gasteiger partial charge in [-0.05, 0) is 91.4 Å². The van der Waals surface area contributed by atoms with Crippen LogP contribution in [0, 0.1) is 12.7 Å². The number of anilines is 5. The summed E-state index contributed by atoms with van der Waals surface area (Å²) in [6.07, 6.45) is 1.95. The summed E-state index contributed by atoms with van der Waals surface area (Å²) < 4.78 is 14.0. The van der Waals surface area contributed by atoms with Crippen LogP contribution in [-0.4, -0.2) is 69.1 Å². The molecule has 0 bridgehead atoms. The van der Waals surface area contributed by atoms with Crippen LogP contribution in [0.1, 0.15) is 54.0 Å². The van der Waals surface area contributed by atoms with Crippen LogP contribution in [0.15, 0.2) is 85.1 Å². The number of benzene rings is 3. The number of halogens is 1. The molecule has 288 valence electrons. The summed E-state index contributed by atoms with van der Waals surface area (Å²) in [5, 5.41) is 20.1. The number of hydrogen-bond acceptors (Lipinski definition) is 9. The van der Waals surface area contributed by atoms with Crippen molar-refractivity contribution in [2.45, 2.75) is 38.8 Å². The molecule has 1 aliphatic heterocycles. The van der Waals surface area contributed by atoms with Gasteiger partial charge in [-0.25, -0.2) is 14.4 Å². The monoisotopic (exact) mass is 924 g/mol. The van der Waals surface area contributed by atoms with Crippen LogP contribution in [0.25, 0.3) is 27.9 Å². The molecule has 12 nitrogen and oxygen atoms in total. The van der Waals surface area contributed by atoms with Crippen molar-refractivity contribution in [3.63, 3.8) is 0 Å².